The molecule has 1 aliphatic heterocycles. The second-order valence-corrected chi connectivity index (χ2v) is 8.14. The van der Waals surface area contributed by atoms with Gasteiger partial charge in [0, 0.05) is 51.7 Å². The number of hydrogen-bond donors (Lipinski definition) is 1. The second kappa shape index (κ2) is 10.2. The predicted octanol–water partition coefficient (Wildman–Crippen LogP) is 1.85. The molecule has 34 heavy (non-hydrogen) atoms. The maximum atomic E-state index is 13.2. The molecule has 3 amide bonds. The van der Waals surface area contributed by atoms with Crippen LogP contribution in [0.25, 0.3) is 0 Å². The number of aryl methyl sites for hydroxylation is 1. The molecule has 4 rings (SSSR count). The fraction of sp³-hybridized carbons (Fsp3) is 0.292. The number of fused-ring (bicyclic) bond motifs is 1. The number of nitrogens with one attached hydrogen (secondary N) is 1. The molecule has 0 fully saturated rings. The Morgan fingerprint density at radius 1 is 1.15 bits per heavy atom. The molecule has 3 aromatic rings. The minimum atomic E-state index is -0.449. The van der Waals surface area contributed by atoms with Crippen LogP contribution in [0.3, 0.4) is 0 Å². The first kappa shape index (κ1) is 23.1. The Balaban J connectivity index is 1.39. The van der Waals surface area contributed by atoms with Crippen LogP contribution in [0.5, 0.6) is 0 Å². The molecule has 0 saturated carbocycles. The van der Waals surface area contributed by atoms with Crippen LogP contribution >= 0.6 is 0 Å². The van der Waals surface area contributed by atoms with E-state index in [0.29, 0.717) is 38.3 Å². The van der Waals surface area contributed by atoms with E-state index in [0.717, 1.165) is 11.1 Å². The molecule has 10 heteroatoms. The quantitative estimate of drug-likeness (QED) is 0.575. The number of halogens is 1. The predicted molar refractivity (Wildman–Crippen MR) is 121 cm³/mol. The van der Waals surface area contributed by atoms with Crippen molar-refractivity contribution < 1.29 is 18.8 Å². The lowest BCUT2D eigenvalue weighted by Gasteiger charge is -2.20. The number of likely N-dealkylation sites (N-methyl/N-ethyl adjacent to an activating group) is 1. The van der Waals surface area contributed by atoms with E-state index in [4.69, 9.17) is 0 Å². The number of carbonyl (C=O) groups excluding carboxylic acids is 3. The third-order valence-corrected chi connectivity index (χ3v) is 5.53. The number of pyridine rings is 1. The molecule has 0 aliphatic carbocycles. The van der Waals surface area contributed by atoms with Gasteiger partial charge in [-0.1, -0.05) is 18.2 Å². The van der Waals surface area contributed by atoms with Crippen LogP contribution in [-0.2, 0) is 24.4 Å². The van der Waals surface area contributed by atoms with Crippen molar-refractivity contribution in [3.63, 3.8) is 0 Å². The summed E-state index contributed by atoms with van der Waals surface area (Å²) in [5.41, 5.74) is 2.09. The molecule has 0 saturated heterocycles. The first-order valence-electron chi connectivity index (χ1n) is 10.9. The van der Waals surface area contributed by atoms with Crippen LogP contribution < -0.4 is 5.32 Å². The summed E-state index contributed by atoms with van der Waals surface area (Å²) in [6.45, 7) is 1.52. The standard InChI is InChI=1S/C24H25FN6O3/c1-29(16-22(32)27-14-18-4-2-9-26-13-18)23(33)20-12-21-24(34)30(10-3-11-31(21)28-20)15-17-5-7-19(25)8-6-17/h2,4-9,12-13H,3,10-11,14-16H2,1H3,(H,27,32). The summed E-state index contributed by atoms with van der Waals surface area (Å²) in [5.74, 6) is -1.34. The van der Waals surface area contributed by atoms with E-state index in [-0.39, 0.29) is 29.9 Å². The lowest BCUT2D eigenvalue weighted by atomic mass is 10.2. The first-order chi connectivity index (χ1) is 16.4. The Kier molecular flexibility index (Phi) is 6.95. The number of rotatable bonds is 7. The number of benzene rings is 1. The average molecular weight is 465 g/mol. The third-order valence-electron chi connectivity index (χ3n) is 5.53. The minimum Gasteiger partial charge on any atom is -0.350 e. The van der Waals surface area contributed by atoms with Crippen molar-refractivity contribution in [1.29, 1.82) is 0 Å². The highest BCUT2D eigenvalue weighted by atomic mass is 19.1. The highest BCUT2D eigenvalue weighted by Crippen LogP contribution is 2.17. The smallest absolute Gasteiger partial charge is 0.274 e. The lowest BCUT2D eigenvalue weighted by molar-refractivity contribution is -0.121. The molecular weight excluding hydrogens is 439 g/mol. The number of carbonyl (C=O) groups is 3. The Hall–Kier alpha value is -4.08. The normalized spacial score (nSPS) is 13.2. The summed E-state index contributed by atoms with van der Waals surface area (Å²) in [6.07, 6.45) is 3.97. The summed E-state index contributed by atoms with van der Waals surface area (Å²) in [4.78, 5) is 45.2. The fourth-order valence-corrected chi connectivity index (χ4v) is 3.74. The Morgan fingerprint density at radius 3 is 2.68 bits per heavy atom. The van der Waals surface area contributed by atoms with Gasteiger partial charge in [0.05, 0.1) is 6.54 Å². The average Bonchev–Trinajstić information content (AvgIpc) is 3.21. The molecule has 1 aromatic carbocycles. The Morgan fingerprint density at radius 2 is 1.94 bits per heavy atom. The Bertz CT molecular complexity index is 1180. The number of nitrogens with zero attached hydrogens (tertiary/aromatic N) is 5. The van der Waals surface area contributed by atoms with Crippen molar-refractivity contribution in [3.8, 4) is 0 Å². The van der Waals surface area contributed by atoms with Gasteiger partial charge in [0.25, 0.3) is 11.8 Å². The Labute approximate surface area is 196 Å². The van der Waals surface area contributed by atoms with E-state index >= 15 is 0 Å². The van der Waals surface area contributed by atoms with E-state index in [1.54, 1.807) is 35.5 Å². The van der Waals surface area contributed by atoms with E-state index in [2.05, 4.69) is 15.4 Å². The SMILES string of the molecule is CN(CC(=O)NCc1cccnc1)C(=O)c1cc2n(n1)CCCN(Cc1ccc(F)cc1)C2=O. The van der Waals surface area contributed by atoms with E-state index in [9.17, 15) is 18.8 Å². The van der Waals surface area contributed by atoms with Crippen LogP contribution in [0.15, 0.2) is 54.9 Å². The maximum absolute atomic E-state index is 13.2. The molecule has 9 nitrogen and oxygen atoms in total. The van der Waals surface area contributed by atoms with Gasteiger partial charge in [0.1, 0.15) is 11.5 Å². The van der Waals surface area contributed by atoms with Gasteiger partial charge in [-0.05, 0) is 35.7 Å². The van der Waals surface area contributed by atoms with Gasteiger partial charge < -0.3 is 15.1 Å². The molecule has 2 aromatic heterocycles. The second-order valence-electron chi connectivity index (χ2n) is 8.14. The molecule has 176 valence electrons. The van der Waals surface area contributed by atoms with Crippen molar-refractivity contribution in [2.24, 2.45) is 0 Å². The van der Waals surface area contributed by atoms with Gasteiger partial charge >= 0.3 is 0 Å². The van der Waals surface area contributed by atoms with Crippen molar-refractivity contribution in [1.82, 2.24) is 29.9 Å². The van der Waals surface area contributed by atoms with Crippen molar-refractivity contribution >= 4 is 17.7 Å². The maximum Gasteiger partial charge on any atom is 0.274 e. The van der Waals surface area contributed by atoms with Crippen LogP contribution in [-0.4, -0.2) is 62.4 Å². The van der Waals surface area contributed by atoms with Crippen LogP contribution in [0.2, 0.25) is 0 Å². The zero-order valence-corrected chi connectivity index (χ0v) is 18.8. The molecule has 1 aliphatic rings. The topological polar surface area (TPSA) is 100 Å². The summed E-state index contributed by atoms with van der Waals surface area (Å²) >= 11 is 0. The molecule has 1 N–H and O–H groups in total. The van der Waals surface area contributed by atoms with E-state index < -0.39 is 5.91 Å². The highest BCUT2D eigenvalue weighted by Gasteiger charge is 2.27. The molecule has 0 radical (unpaired) electrons. The molecule has 3 heterocycles. The molecule has 0 unspecified atom stereocenters. The van der Waals surface area contributed by atoms with Crippen molar-refractivity contribution in [3.05, 3.63) is 83.2 Å². The van der Waals surface area contributed by atoms with Crippen molar-refractivity contribution in [2.45, 2.75) is 26.1 Å². The summed E-state index contributed by atoms with van der Waals surface area (Å²) in [6, 6.07) is 11.1. The molecule has 0 spiro atoms. The van der Waals surface area contributed by atoms with Gasteiger partial charge in [-0.2, -0.15) is 5.10 Å². The van der Waals surface area contributed by atoms with Crippen LogP contribution in [0, 0.1) is 5.82 Å². The molecular formula is C24H25FN6O3. The van der Waals surface area contributed by atoms with Gasteiger partial charge in [0.2, 0.25) is 5.91 Å². The summed E-state index contributed by atoms with van der Waals surface area (Å²) in [5, 5.41) is 7.07. The first-order valence-corrected chi connectivity index (χ1v) is 10.9. The number of amides is 3. The highest BCUT2D eigenvalue weighted by molar-refractivity contribution is 5.99. The summed E-state index contributed by atoms with van der Waals surface area (Å²) < 4.78 is 14.7. The lowest BCUT2D eigenvalue weighted by Crippen LogP contribution is -2.38. The van der Waals surface area contributed by atoms with Gasteiger partial charge in [-0.3, -0.25) is 24.0 Å². The van der Waals surface area contributed by atoms with Gasteiger partial charge in [-0.25, -0.2) is 4.39 Å². The van der Waals surface area contributed by atoms with Gasteiger partial charge in [-0.15, -0.1) is 0 Å². The minimum absolute atomic E-state index is 0.106. The zero-order valence-electron chi connectivity index (χ0n) is 18.8. The van der Waals surface area contributed by atoms with Crippen LogP contribution in [0.1, 0.15) is 38.5 Å². The molecule has 0 bridgehead atoms. The number of aromatic nitrogens is 3. The largest absolute Gasteiger partial charge is 0.350 e. The third kappa shape index (κ3) is 5.45. The summed E-state index contributed by atoms with van der Waals surface area (Å²) in [7, 11) is 1.51. The monoisotopic (exact) mass is 464 g/mol. The van der Waals surface area contributed by atoms with Gasteiger partial charge in [0.15, 0.2) is 5.69 Å². The number of hydrogen-bond acceptors (Lipinski definition) is 5. The van der Waals surface area contributed by atoms with E-state index in [1.807, 2.05) is 6.07 Å². The zero-order chi connectivity index (χ0) is 24.1. The van der Waals surface area contributed by atoms with E-state index in [1.165, 1.54) is 34.8 Å². The van der Waals surface area contributed by atoms with Crippen LogP contribution in [0.4, 0.5) is 4.39 Å². The molecule has 0 atom stereocenters. The van der Waals surface area contributed by atoms with Crippen molar-refractivity contribution in [2.75, 3.05) is 20.1 Å². The fourth-order valence-electron chi connectivity index (χ4n) is 3.74.